The SMILES string of the molecule is C=N/C=C(Cl)\C(Cl)=N/CCl. The number of aliphatic imine (C=N–C) groups is 2. The van der Waals surface area contributed by atoms with Crippen molar-refractivity contribution in [2.24, 2.45) is 9.98 Å². The minimum absolute atomic E-state index is 0.0834. The van der Waals surface area contributed by atoms with Crippen molar-refractivity contribution in [3.8, 4) is 0 Å². The van der Waals surface area contributed by atoms with Crippen LogP contribution in [0.4, 0.5) is 0 Å². The van der Waals surface area contributed by atoms with Gasteiger partial charge < -0.3 is 0 Å². The molecule has 0 aromatic rings. The van der Waals surface area contributed by atoms with Crippen LogP contribution in [0.15, 0.2) is 21.2 Å². The zero-order chi connectivity index (χ0) is 7.98. The Hall–Kier alpha value is -0.0500. The Balaban J connectivity index is 4.19. The number of rotatable bonds is 3. The number of allylic oxidation sites excluding steroid dienone is 1. The molecule has 0 saturated carbocycles. The van der Waals surface area contributed by atoms with Gasteiger partial charge in [-0.15, -0.1) is 11.6 Å². The molecule has 0 amide bonds. The first kappa shape index (κ1) is 9.95. The molecule has 0 aromatic carbocycles. The van der Waals surface area contributed by atoms with E-state index in [2.05, 4.69) is 16.7 Å². The Labute approximate surface area is 74.2 Å². The van der Waals surface area contributed by atoms with E-state index in [0.717, 1.165) is 0 Å². The van der Waals surface area contributed by atoms with E-state index in [9.17, 15) is 0 Å². The first-order valence-corrected chi connectivity index (χ1v) is 3.59. The molecule has 0 fully saturated rings. The first-order chi connectivity index (χ1) is 4.72. The van der Waals surface area contributed by atoms with Crippen molar-refractivity contribution in [1.29, 1.82) is 0 Å². The van der Waals surface area contributed by atoms with Crippen molar-refractivity contribution in [3.63, 3.8) is 0 Å². The number of hydrogen-bond donors (Lipinski definition) is 0. The van der Waals surface area contributed by atoms with Crippen molar-refractivity contribution in [2.75, 3.05) is 6.00 Å². The molecule has 0 heterocycles. The zero-order valence-electron chi connectivity index (χ0n) is 5.02. The molecular weight excluding hydrogens is 194 g/mol. The smallest absolute Gasteiger partial charge is 0.145 e. The summed E-state index contributed by atoms with van der Waals surface area (Å²) < 4.78 is 0. The van der Waals surface area contributed by atoms with Gasteiger partial charge in [-0.05, 0) is 6.72 Å². The summed E-state index contributed by atoms with van der Waals surface area (Å²) >= 11 is 16.2. The molecule has 0 bridgehead atoms. The minimum atomic E-state index is 0.0834. The van der Waals surface area contributed by atoms with Crippen LogP contribution in [0.2, 0.25) is 0 Å². The van der Waals surface area contributed by atoms with E-state index in [0.29, 0.717) is 0 Å². The molecule has 5 heteroatoms. The normalized spacial score (nSPS) is 13.5. The van der Waals surface area contributed by atoms with Crippen LogP contribution in [0.5, 0.6) is 0 Å². The highest BCUT2D eigenvalue weighted by Crippen LogP contribution is 2.08. The average Bonchev–Trinajstić information content (AvgIpc) is 1.89. The quantitative estimate of drug-likeness (QED) is 0.379. The van der Waals surface area contributed by atoms with E-state index in [1.807, 2.05) is 0 Å². The fraction of sp³-hybridized carbons (Fsp3) is 0.200. The van der Waals surface area contributed by atoms with Gasteiger partial charge in [-0.3, -0.25) is 9.98 Å². The third-order valence-corrected chi connectivity index (χ3v) is 1.42. The van der Waals surface area contributed by atoms with Gasteiger partial charge in [-0.25, -0.2) is 0 Å². The summed E-state index contributed by atoms with van der Waals surface area (Å²) in [5.74, 6) is 0. The maximum absolute atomic E-state index is 5.52. The van der Waals surface area contributed by atoms with Crippen molar-refractivity contribution < 1.29 is 0 Å². The summed E-state index contributed by atoms with van der Waals surface area (Å²) in [5, 5.41) is 0.376. The Morgan fingerprint density at radius 3 is 2.50 bits per heavy atom. The highest BCUT2D eigenvalue weighted by molar-refractivity contribution is 6.76. The Bertz CT molecular complexity index is 174. The third kappa shape index (κ3) is 3.88. The number of alkyl halides is 1. The van der Waals surface area contributed by atoms with E-state index in [-0.39, 0.29) is 16.2 Å². The predicted octanol–water partition coefficient (Wildman–Crippen LogP) is 2.60. The van der Waals surface area contributed by atoms with E-state index in [1.54, 1.807) is 0 Å². The molecule has 10 heavy (non-hydrogen) atoms. The lowest BCUT2D eigenvalue weighted by Crippen LogP contribution is -1.86. The maximum Gasteiger partial charge on any atom is 0.145 e. The van der Waals surface area contributed by atoms with Gasteiger partial charge in [0.25, 0.3) is 0 Å². The van der Waals surface area contributed by atoms with E-state index in [1.165, 1.54) is 6.20 Å². The Morgan fingerprint density at radius 1 is 1.50 bits per heavy atom. The van der Waals surface area contributed by atoms with Gasteiger partial charge in [-0.2, -0.15) is 0 Å². The van der Waals surface area contributed by atoms with E-state index in [4.69, 9.17) is 34.8 Å². The third-order valence-electron chi connectivity index (χ3n) is 0.600. The predicted molar refractivity (Wildman–Crippen MR) is 47.5 cm³/mol. The van der Waals surface area contributed by atoms with Crippen LogP contribution in [-0.4, -0.2) is 17.9 Å². The van der Waals surface area contributed by atoms with E-state index >= 15 is 0 Å². The first-order valence-electron chi connectivity index (χ1n) is 2.30. The Kier molecular flexibility index (Phi) is 5.69. The van der Waals surface area contributed by atoms with Gasteiger partial charge in [0.15, 0.2) is 0 Å². The van der Waals surface area contributed by atoms with Crippen molar-refractivity contribution in [2.45, 2.75) is 0 Å². The topological polar surface area (TPSA) is 24.7 Å². The van der Waals surface area contributed by atoms with Gasteiger partial charge in [0, 0.05) is 6.20 Å². The lowest BCUT2D eigenvalue weighted by molar-refractivity contribution is 1.38. The van der Waals surface area contributed by atoms with Crippen molar-refractivity contribution in [3.05, 3.63) is 11.2 Å². The monoisotopic (exact) mass is 198 g/mol. The second-order valence-corrected chi connectivity index (χ2v) is 2.23. The van der Waals surface area contributed by atoms with E-state index < -0.39 is 0 Å². The van der Waals surface area contributed by atoms with Crippen LogP contribution in [0.25, 0.3) is 0 Å². The fourth-order valence-electron chi connectivity index (χ4n) is 0.261. The molecule has 2 nitrogen and oxygen atoms in total. The van der Waals surface area contributed by atoms with Crippen LogP contribution in [-0.2, 0) is 0 Å². The minimum Gasteiger partial charge on any atom is -0.271 e. The largest absolute Gasteiger partial charge is 0.271 e. The van der Waals surface area contributed by atoms with Crippen LogP contribution in [0, 0.1) is 0 Å². The molecule has 0 aliphatic carbocycles. The van der Waals surface area contributed by atoms with Crippen molar-refractivity contribution >= 4 is 46.7 Å². The van der Waals surface area contributed by atoms with Gasteiger partial charge in [0.1, 0.15) is 11.2 Å². The molecule has 0 rings (SSSR count). The molecule has 0 aliphatic heterocycles. The summed E-state index contributed by atoms with van der Waals surface area (Å²) in [5.41, 5.74) is 0. The number of hydrogen-bond acceptors (Lipinski definition) is 2. The molecule has 0 spiro atoms. The molecule has 0 aromatic heterocycles. The summed E-state index contributed by atoms with van der Waals surface area (Å²) in [6.07, 6.45) is 1.29. The lowest BCUT2D eigenvalue weighted by Gasteiger charge is -1.90. The molecule has 0 saturated heterocycles. The van der Waals surface area contributed by atoms with Gasteiger partial charge in [0.2, 0.25) is 0 Å². The lowest BCUT2D eigenvalue weighted by atomic mass is 10.6. The second-order valence-electron chi connectivity index (χ2n) is 1.23. The fourth-order valence-corrected chi connectivity index (χ4v) is 0.679. The number of halogens is 3. The van der Waals surface area contributed by atoms with Gasteiger partial charge >= 0.3 is 0 Å². The zero-order valence-corrected chi connectivity index (χ0v) is 7.29. The molecule has 0 aliphatic rings. The second kappa shape index (κ2) is 5.71. The molecule has 0 unspecified atom stereocenters. The number of nitrogens with zero attached hydrogens (tertiary/aromatic N) is 2. The summed E-state index contributed by atoms with van der Waals surface area (Å²) in [4.78, 5) is 6.99. The molecule has 0 radical (unpaired) electrons. The average molecular weight is 199 g/mol. The highest BCUT2D eigenvalue weighted by atomic mass is 35.5. The maximum atomic E-state index is 5.52. The molecule has 0 N–H and O–H groups in total. The van der Waals surface area contributed by atoms with Crippen LogP contribution >= 0.6 is 34.8 Å². The van der Waals surface area contributed by atoms with Crippen molar-refractivity contribution in [1.82, 2.24) is 0 Å². The Morgan fingerprint density at radius 2 is 2.10 bits per heavy atom. The van der Waals surface area contributed by atoms with Crippen LogP contribution < -0.4 is 0 Å². The van der Waals surface area contributed by atoms with Gasteiger partial charge in [0.05, 0.1) is 5.03 Å². The standard InChI is InChI=1S/C5H5Cl3N2/c1-9-2-4(7)5(8)10-3-6/h2H,1,3H2/b4-2+,10-5+. The highest BCUT2D eigenvalue weighted by Gasteiger charge is 1.96. The van der Waals surface area contributed by atoms with Crippen LogP contribution in [0.1, 0.15) is 0 Å². The summed E-state index contributed by atoms with van der Waals surface area (Å²) in [6.45, 7) is 3.19. The summed E-state index contributed by atoms with van der Waals surface area (Å²) in [6, 6.07) is 0.0834. The molecule has 0 atom stereocenters. The van der Waals surface area contributed by atoms with Gasteiger partial charge in [-0.1, -0.05) is 23.2 Å². The summed E-state index contributed by atoms with van der Waals surface area (Å²) in [7, 11) is 0. The molecular formula is C5H5Cl3N2. The van der Waals surface area contributed by atoms with Crippen LogP contribution in [0.3, 0.4) is 0 Å². The molecule has 56 valence electrons.